The molecular formula is C17H29NO. The zero-order valence-electron chi connectivity index (χ0n) is 12.4. The summed E-state index contributed by atoms with van der Waals surface area (Å²) in [6, 6.07) is 0.557. The van der Waals surface area contributed by atoms with E-state index in [0.717, 1.165) is 17.8 Å². The Morgan fingerprint density at radius 1 is 0.947 bits per heavy atom. The molecule has 19 heavy (non-hydrogen) atoms. The normalized spacial score (nSPS) is 46.9. The maximum atomic E-state index is 6.00. The summed E-state index contributed by atoms with van der Waals surface area (Å²) in [5.74, 6) is 3.13. The standard InChI is InChI=1S/C17H29NO/c1-12(18-19-16-4-2-3-5-16)17-9-13-6-14(10-17)8-15(7-13)11-17/h12-16,18H,2-11H2,1H3. The maximum Gasteiger partial charge on any atom is 0.0790 e. The summed E-state index contributed by atoms with van der Waals surface area (Å²) in [5.41, 5.74) is 4.06. The molecule has 0 amide bonds. The number of rotatable bonds is 4. The Balaban J connectivity index is 1.40. The van der Waals surface area contributed by atoms with E-state index in [9.17, 15) is 0 Å². The molecule has 5 rings (SSSR count). The van der Waals surface area contributed by atoms with Crippen molar-refractivity contribution < 1.29 is 4.84 Å². The second-order valence-corrected chi connectivity index (χ2v) is 8.14. The Bertz CT molecular complexity index is 299. The van der Waals surface area contributed by atoms with Crippen LogP contribution in [0.5, 0.6) is 0 Å². The van der Waals surface area contributed by atoms with Gasteiger partial charge in [-0.3, -0.25) is 4.84 Å². The second kappa shape index (κ2) is 4.73. The van der Waals surface area contributed by atoms with Gasteiger partial charge in [0.15, 0.2) is 0 Å². The zero-order valence-corrected chi connectivity index (χ0v) is 12.4. The van der Waals surface area contributed by atoms with E-state index in [-0.39, 0.29) is 0 Å². The molecule has 5 aliphatic carbocycles. The molecule has 108 valence electrons. The van der Waals surface area contributed by atoms with Gasteiger partial charge in [0.25, 0.3) is 0 Å². The summed E-state index contributed by atoms with van der Waals surface area (Å²) in [7, 11) is 0. The van der Waals surface area contributed by atoms with Crippen molar-refractivity contribution in [3.8, 4) is 0 Å². The number of nitrogens with one attached hydrogen (secondary N) is 1. The molecule has 5 fully saturated rings. The van der Waals surface area contributed by atoms with Gasteiger partial charge in [-0.2, -0.15) is 5.48 Å². The number of hydroxylamine groups is 1. The minimum absolute atomic E-state index is 0.497. The Hall–Kier alpha value is -0.0800. The first-order valence-corrected chi connectivity index (χ1v) is 8.65. The van der Waals surface area contributed by atoms with E-state index in [4.69, 9.17) is 4.84 Å². The van der Waals surface area contributed by atoms with Crippen LogP contribution in [-0.4, -0.2) is 12.1 Å². The summed E-state index contributed by atoms with van der Waals surface area (Å²) >= 11 is 0. The van der Waals surface area contributed by atoms with Crippen LogP contribution in [0.25, 0.3) is 0 Å². The van der Waals surface area contributed by atoms with Gasteiger partial charge in [-0.25, -0.2) is 0 Å². The molecule has 0 aromatic carbocycles. The summed E-state index contributed by atoms with van der Waals surface area (Å²) < 4.78 is 0. The van der Waals surface area contributed by atoms with Crippen molar-refractivity contribution in [1.82, 2.24) is 5.48 Å². The summed E-state index contributed by atoms with van der Waals surface area (Å²) in [4.78, 5) is 6.00. The van der Waals surface area contributed by atoms with Crippen molar-refractivity contribution in [3.63, 3.8) is 0 Å². The van der Waals surface area contributed by atoms with Crippen LogP contribution in [0.1, 0.15) is 71.1 Å². The summed E-state index contributed by atoms with van der Waals surface area (Å²) in [5, 5.41) is 0. The first-order chi connectivity index (χ1) is 9.23. The third-order valence-corrected chi connectivity index (χ3v) is 6.72. The van der Waals surface area contributed by atoms with Crippen LogP contribution >= 0.6 is 0 Å². The molecule has 4 bridgehead atoms. The average Bonchev–Trinajstić information content (AvgIpc) is 2.87. The Morgan fingerprint density at radius 3 is 2.00 bits per heavy atom. The highest BCUT2D eigenvalue weighted by Gasteiger charge is 2.53. The molecule has 1 unspecified atom stereocenters. The average molecular weight is 263 g/mol. The van der Waals surface area contributed by atoms with Crippen molar-refractivity contribution in [3.05, 3.63) is 0 Å². The second-order valence-electron chi connectivity index (χ2n) is 8.14. The molecule has 5 aliphatic rings. The quantitative estimate of drug-likeness (QED) is 0.772. The molecule has 5 saturated carbocycles. The van der Waals surface area contributed by atoms with E-state index < -0.39 is 0 Å². The van der Waals surface area contributed by atoms with Crippen LogP contribution in [0.3, 0.4) is 0 Å². The fourth-order valence-corrected chi connectivity index (χ4v) is 6.04. The number of hydrogen-bond acceptors (Lipinski definition) is 2. The van der Waals surface area contributed by atoms with Gasteiger partial charge in [0.1, 0.15) is 0 Å². The summed E-state index contributed by atoms with van der Waals surface area (Å²) in [6.45, 7) is 2.39. The molecule has 0 spiro atoms. The molecule has 1 atom stereocenters. The first kappa shape index (κ1) is 12.6. The van der Waals surface area contributed by atoms with Gasteiger partial charge in [-0.05, 0) is 81.5 Å². The van der Waals surface area contributed by atoms with Crippen LogP contribution in [0.15, 0.2) is 0 Å². The topological polar surface area (TPSA) is 21.3 Å². The van der Waals surface area contributed by atoms with Crippen molar-refractivity contribution in [2.45, 2.75) is 83.3 Å². The van der Waals surface area contributed by atoms with E-state index in [1.807, 2.05) is 0 Å². The maximum absolute atomic E-state index is 6.00. The lowest BCUT2D eigenvalue weighted by molar-refractivity contribution is -0.121. The van der Waals surface area contributed by atoms with Crippen LogP contribution in [0.4, 0.5) is 0 Å². The van der Waals surface area contributed by atoms with Crippen LogP contribution < -0.4 is 5.48 Å². The summed E-state index contributed by atoms with van der Waals surface area (Å²) in [6.07, 6.45) is 14.8. The first-order valence-electron chi connectivity index (χ1n) is 8.65. The molecule has 0 aromatic heterocycles. The lowest BCUT2D eigenvalue weighted by atomic mass is 9.48. The third kappa shape index (κ3) is 2.25. The van der Waals surface area contributed by atoms with Gasteiger partial charge in [0.05, 0.1) is 6.10 Å². The van der Waals surface area contributed by atoms with Crippen molar-refractivity contribution in [2.75, 3.05) is 0 Å². The highest BCUT2D eigenvalue weighted by molar-refractivity contribution is 5.04. The van der Waals surface area contributed by atoms with Gasteiger partial charge >= 0.3 is 0 Å². The SMILES string of the molecule is CC(NOC1CCCC1)C12CC3CC(CC(C3)C1)C2. The predicted octanol–water partition coefficient (Wildman–Crippen LogP) is 4.06. The fourth-order valence-electron chi connectivity index (χ4n) is 6.04. The highest BCUT2D eigenvalue weighted by Crippen LogP contribution is 2.61. The van der Waals surface area contributed by atoms with Crippen molar-refractivity contribution >= 4 is 0 Å². The lowest BCUT2D eigenvalue weighted by Gasteiger charge is -2.59. The van der Waals surface area contributed by atoms with E-state index >= 15 is 0 Å². The monoisotopic (exact) mass is 263 g/mol. The largest absolute Gasteiger partial charge is 0.298 e. The Kier molecular flexibility index (Phi) is 3.15. The molecule has 0 aliphatic heterocycles. The van der Waals surface area contributed by atoms with E-state index in [0.29, 0.717) is 17.6 Å². The van der Waals surface area contributed by atoms with Crippen LogP contribution in [0, 0.1) is 23.2 Å². The smallest absolute Gasteiger partial charge is 0.0790 e. The molecule has 0 heterocycles. The lowest BCUT2D eigenvalue weighted by Crippen LogP contribution is -2.55. The van der Waals surface area contributed by atoms with Crippen LogP contribution in [-0.2, 0) is 4.84 Å². The predicted molar refractivity (Wildman–Crippen MR) is 76.5 cm³/mol. The molecular weight excluding hydrogens is 234 g/mol. The van der Waals surface area contributed by atoms with Crippen LogP contribution in [0.2, 0.25) is 0 Å². The van der Waals surface area contributed by atoms with Gasteiger partial charge in [-0.15, -0.1) is 0 Å². The van der Waals surface area contributed by atoms with E-state index in [1.54, 1.807) is 0 Å². The molecule has 1 N–H and O–H groups in total. The van der Waals surface area contributed by atoms with Gasteiger partial charge < -0.3 is 0 Å². The van der Waals surface area contributed by atoms with E-state index in [2.05, 4.69) is 12.4 Å². The van der Waals surface area contributed by atoms with Gasteiger partial charge in [0, 0.05) is 6.04 Å². The third-order valence-electron chi connectivity index (χ3n) is 6.72. The highest BCUT2D eigenvalue weighted by atomic mass is 16.7. The fraction of sp³-hybridized carbons (Fsp3) is 1.00. The van der Waals surface area contributed by atoms with Crippen molar-refractivity contribution in [1.29, 1.82) is 0 Å². The number of hydrogen-bond donors (Lipinski definition) is 1. The molecule has 2 heteroatoms. The van der Waals surface area contributed by atoms with Crippen molar-refractivity contribution in [2.24, 2.45) is 23.2 Å². The minimum atomic E-state index is 0.497. The zero-order chi connectivity index (χ0) is 12.9. The minimum Gasteiger partial charge on any atom is -0.298 e. The molecule has 2 nitrogen and oxygen atoms in total. The van der Waals surface area contributed by atoms with Gasteiger partial charge in [-0.1, -0.05) is 12.8 Å². The van der Waals surface area contributed by atoms with E-state index in [1.165, 1.54) is 64.2 Å². The Labute approximate surface area is 117 Å². The molecule has 0 aromatic rings. The van der Waals surface area contributed by atoms with Gasteiger partial charge in [0.2, 0.25) is 0 Å². The molecule has 0 saturated heterocycles. The molecule has 0 radical (unpaired) electrons. The Morgan fingerprint density at radius 2 is 1.47 bits per heavy atom.